The quantitative estimate of drug-likeness (QED) is 0.804. The van der Waals surface area contributed by atoms with Crippen LogP contribution in [0.15, 0.2) is 41.0 Å². The number of anilines is 1. The SMILES string of the molecule is O=S(=O)(Nc1ccccn1)c1c(Cl)nc2sccn12. The molecule has 0 fully saturated rings. The van der Waals surface area contributed by atoms with Crippen LogP contribution in [-0.2, 0) is 10.0 Å². The first-order valence-corrected chi connectivity index (χ1v) is 7.87. The summed E-state index contributed by atoms with van der Waals surface area (Å²) in [5.41, 5.74) is 0. The molecule has 0 aliphatic heterocycles. The van der Waals surface area contributed by atoms with E-state index in [0.29, 0.717) is 4.96 Å². The minimum absolute atomic E-state index is 0.0599. The molecule has 0 radical (unpaired) electrons. The standard InChI is InChI=1S/C10H7ClN4O2S2/c11-8-9(15-5-6-18-10(15)13-8)19(16,17)14-7-3-1-2-4-12-7/h1-6H,(H,12,14). The molecule has 98 valence electrons. The summed E-state index contributed by atoms with van der Waals surface area (Å²) in [6.45, 7) is 0. The van der Waals surface area contributed by atoms with Crippen molar-refractivity contribution in [3.05, 3.63) is 41.1 Å². The van der Waals surface area contributed by atoms with E-state index in [4.69, 9.17) is 11.6 Å². The Hall–Kier alpha value is -1.64. The minimum Gasteiger partial charge on any atom is -0.278 e. The van der Waals surface area contributed by atoms with Gasteiger partial charge in [0.2, 0.25) is 0 Å². The van der Waals surface area contributed by atoms with E-state index in [9.17, 15) is 8.42 Å². The molecule has 0 spiro atoms. The highest BCUT2D eigenvalue weighted by Gasteiger charge is 2.25. The summed E-state index contributed by atoms with van der Waals surface area (Å²) in [5, 5.41) is 1.59. The molecule has 3 aromatic rings. The molecule has 0 atom stereocenters. The summed E-state index contributed by atoms with van der Waals surface area (Å²) in [6, 6.07) is 4.93. The molecule has 0 amide bonds. The Balaban J connectivity index is 2.10. The highest BCUT2D eigenvalue weighted by molar-refractivity contribution is 7.92. The molecule has 0 bridgehead atoms. The van der Waals surface area contributed by atoms with E-state index in [0.717, 1.165) is 0 Å². The van der Waals surface area contributed by atoms with Crippen LogP contribution >= 0.6 is 22.9 Å². The van der Waals surface area contributed by atoms with Gasteiger partial charge in [-0.1, -0.05) is 17.7 Å². The lowest BCUT2D eigenvalue weighted by Crippen LogP contribution is -2.16. The highest BCUT2D eigenvalue weighted by Crippen LogP contribution is 2.26. The van der Waals surface area contributed by atoms with Crippen LogP contribution < -0.4 is 4.72 Å². The number of sulfonamides is 1. The molecule has 1 N–H and O–H groups in total. The lowest BCUT2D eigenvalue weighted by atomic mass is 10.5. The molecule has 6 nitrogen and oxygen atoms in total. The Morgan fingerprint density at radius 3 is 2.95 bits per heavy atom. The summed E-state index contributed by atoms with van der Waals surface area (Å²) in [5.74, 6) is 0.226. The van der Waals surface area contributed by atoms with Crippen molar-refractivity contribution in [2.75, 3.05) is 4.72 Å². The van der Waals surface area contributed by atoms with Crippen LogP contribution in [0.2, 0.25) is 5.15 Å². The van der Waals surface area contributed by atoms with Gasteiger partial charge in [0.25, 0.3) is 10.0 Å². The number of thiazole rings is 1. The van der Waals surface area contributed by atoms with Gasteiger partial charge in [0, 0.05) is 17.8 Å². The Bertz CT molecular complexity index is 826. The van der Waals surface area contributed by atoms with Crippen molar-refractivity contribution in [2.24, 2.45) is 0 Å². The van der Waals surface area contributed by atoms with Crippen LogP contribution in [0.1, 0.15) is 0 Å². The van der Waals surface area contributed by atoms with E-state index < -0.39 is 10.0 Å². The zero-order valence-electron chi connectivity index (χ0n) is 9.32. The van der Waals surface area contributed by atoms with Gasteiger partial charge >= 0.3 is 0 Å². The van der Waals surface area contributed by atoms with Crippen LogP contribution in [0.25, 0.3) is 4.96 Å². The number of pyridine rings is 1. The molecular weight excluding hydrogens is 308 g/mol. The van der Waals surface area contributed by atoms with Gasteiger partial charge in [0.05, 0.1) is 0 Å². The van der Waals surface area contributed by atoms with Crippen LogP contribution in [0.4, 0.5) is 5.82 Å². The second-order valence-corrected chi connectivity index (χ2v) is 6.41. The molecule has 0 saturated heterocycles. The predicted octanol–water partition coefficient (Wildman–Crippen LogP) is 2.25. The lowest BCUT2D eigenvalue weighted by molar-refractivity contribution is 0.596. The second kappa shape index (κ2) is 4.48. The number of imidazole rings is 1. The van der Waals surface area contributed by atoms with E-state index in [2.05, 4.69) is 14.7 Å². The number of hydrogen-bond acceptors (Lipinski definition) is 5. The number of halogens is 1. The number of nitrogens with one attached hydrogen (secondary N) is 1. The number of rotatable bonds is 3. The normalized spacial score (nSPS) is 11.8. The molecule has 9 heteroatoms. The van der Waals surface area contributed by atoms with Crippen molar-refractivity contribution in [3.63, 3.8) is 0 Å². The smallest absolute Gasteiger partial charge is 0.278 e. The number of nitrogens with zero attached hydrogens (tertiary/aromatic N) is 3. The van der Waals surface area contributed by atoms with Gasteiger partial charge in [0.15, 0.2) is 15.1 Å². The van der Waals surface area contributed by atoms with Crippen molar-refractivity contribution in [2.45, 2.75) is 5.03 Å². The van der Waals surface area contributed by atoms with Crippen LogP contribution in [0.5, 0.6) is 0 Å². The maximum Gasteiger partial charge on any atom is 0.282 e. The predicted molar refractivity (Wildman–Crippen MR) is 73.1 cm³/mol. The highest BCUT2D eigenvalue weighted by atomic mass is 35.5. The summed E-state index contributed by atoms with van der Waals surface area (Å²) < 4.78 is 28.4. The van der Waals surface area contributed by atoms with Gasteiger partial charge in [-0.05, 0) is 12.1 Å². The van der Waals surface area contributed by atoms with Crippen LogP contribution in [0, 0.1) is 0 Å². The number of aromatic nitrogens is 3. The van der Waals surface area contributed by atoms with Gasteiger partial charge in [-0.15, -0.1) is 11.3 Å². The van der Waals surface area contributed by atoms with Gasteiger partial charge in [0.1, 0.15) is 5.82 Å². The average molecular weight is 315 g/mol. The molecule has 0 saturated carbocycles. The molecular formula is C10H7ClN4O2S2. The summed E-state index contributed by atoms with van der Waals surface area (Å²) in [7, 11) is -3.83. The van der Waals surface area contributed by atoms with Crippen LogP contribution in [-0.4, -0.2) is 22.8 Å². The van der Waals surface area contributed by atoms with Crippen molar-refractivity contribution >= 4 is 43.7 Å². The molecule has 0 aromatic carbocycles. The average Bonchev–Trinajstić information content (AvgIpc) is 2.88. The second-order valence-electron chi connectivity index (χ2n) is 3.58. The summed E-state index contributed by atoms with van der Waals surface area (Å²) in [4.78, 5) is 8.42. The van der Waals surface area contributed by atoms with Crippen molar-refractivity contribution in [3.8, 4) is 0 Å². The van der Waals surface area contributed by atoms with Gasteiger partial charge in [-0.3, -0.25) is 9.12 Å². The summed E-state index contributed by atoms with van der Waals surface area (Å²) in [6.07, 6.45) is 3.10. The topological polar surface area (TPSA) is 76.4 Å². The molecule has 3 aromatic heterocycles. The first kappa shape index (κ1) is 12.4. The fourth-order valence-electron chi connectivity index (χ4n) is 1.59. The molecule has 3 heterocycles. The molecule has 19 heavy (non-hydrogen) atoms. The van der Waals surface area contributed by atoms with Gasteiger partial charge in [-0.2, -0.15) is 8.42 Å². The molecule has 0 unspecified atom stereocenters. The third-order valence-electron chi connectivity index (χ3n) is 2.34. The van der Waals surface area contributed by atoms with E-state index in [1.807, 2.05) is 0 Å². The van der Waals surface area contributed by atoms with E-state index in [1.54, 1.807) is 29.8 Å². The monoisotopic (exact) mass is 314 g/mol. The Morgan fingerprint density at radius 1 is 1.37 bits per heavy atom. The Kier molecular flexibility index (Phi) is 2.92. The Labute approximate surface area is 117 Å². The maximum atomic E-state index is 12.3. The van der Waals surface area contributed by atoms with Gasteiger partial charge in [-0.25, -0.2) is 9.97 Å². The van der Waals surface area contributed by atoms with E-state index in [1.165, 1.54) is 21.9 Å². The first-order chi connectivity index (χ1) is 9.08. The molecule has 0 aliphatic carbocycles. The first-order valence-electron chi connectivity index (χ1n) is 5.13. The van der Waals surface area contributed by atoms with Gasteiger partial charge < -0.3 is 0 Å². The molecule has 0 aliphatic rings. The summed E-state index contributed by atoms with van der Waals surface area (Å²) >= 11 is 7.20. The van der Waals surface area contributed by atoms with Crippen LogP contribution in [0.3, 0.4) is 0 Å². The van der Waals surface area contributed by atoms with E-state index >= 15 is 0 Å². The number of hydrogen-bond donors (Lipinski definition) is 1. The van der Waals surface area contributed by atoms with Crippen molar-refractivity contribution in [1.29, 1.82) is 0 Å². The third-order valence-corrected chi connectivity index (χ3v) is 4.85. The Morgan fingerprint density at radius 2 is 2.21 bits per heavy atom. The van der Waals surface area contributed by atoms with Crippen molar-refractivity contribution < 1.29 is 8.42 Å². The van der Waals surface area contributed by atoms with Crippen molar-refractivity contribution in [1.82, 2.24) is 14.4 Å². The maximum absolute atomic E-state index is 12.3. The fraction of sp³-hybridized carbons (Fsp3) is 0. The lowest BCUT2D eigenvalue weighted by Gasteiger charge is -2.06. The minimum atomic E-state index is -3.83. The largest absolute Gasteiger partial charge is 0.282 e. The van der Waals surface area contributed by atoms with E-state index in [-0.39, 0.29) is 16.0 Å². The zero-order chi connectivity index (χ0) is 13.5. The zero-order valence-corrected chi connectivity index (χ0v) is 11.7. The molecule has 3 rings (SSSR count). The number of fused-ring (bicyclic) bond motifs is 1. The third kappa shape index (κ3) is 2.18. The fourth-order valence-corrected chi connectivity index (χ4v) is 4.05.